The molecule has 1 saturated heterocycles. The topological polar surface area (TPSA) is 133 Å². The van der Waals surface area contributed by atoms with E-state index in [4.69, 9.17) is 14.7 Å². The number of aliphatic imine (C=N–C) groups is 1. The predicted octanol–water partition coefficient (Wildman–Crippen LogP) is 2.93. The molecule has 188 valence electrons. The third-order valence-corrected chi connectivity index (χ3v) is 6.79. The fourth-order valence-electron chi connectivity index (χ4n) is 4.77. The Kier molecular flexibility index (Phi) is 8.46. The Morgan fingerprint density at radius 1 is 1.17 bits per heavy atom. The maximum absolute atomic E-state index is 12.4. The quantitative estimate of drug-likeness (QED) is 0.301. The number of amides is 1. The molecule has 2 aromatic rings. The maximum atomic E-state index is 12.4. The van der Waals surface area contributed by atoms with E-state index in [2.05, 4.69) is 15.3 Å². The number of pyridine rings is 1. The molecule has 3 N–H and O–H groups in total. The second-order valence-corrected chi connectivity index (χ2v) is 9.42. The number of carbonyl (C=O) groups excluding carboxylic acids is 1. The summed E-state index contributed by atoms with van der Waals surface area (Å²) in [6.07, 6.45) is 9.89. The Labute approximate surface area is 204 Å². The Hall–Kier alpha value is -3.27. The number of nitrogens with one attached hydrogen (secondary N) is 3. The lowest BCUT2D eigenvalue weighted by Crippen LogP contribution is -2.31. The van der Waals surface area contributed by atoms with Gasteiger partial charge in [0.2, 0.25) is 6.41 Å². The van der Waals surface area contributed by atoms with Gasteiger partial charge in [-0.2, -0.15) is 0 Å². The molecule has 10 heteroatoms. The molecule has 2 aliphatic rings. The summed E-state index contributed by atoms with van der Waals surface area (Å²) < 4.78 is 5.43. The van der Waals surface area contributed by atoms with Crippen molar-refractivity contribution in [3.63, 3.8) is 0 Å². The molecule has 2 aromatic heterocycles. The minimum atomic E-state index is -0.583. The van der Waals surface area contributed by atoms with Crippen molar-refractivity contribution in [2.24, 2.45) is 16.8 Å². The van der Waals surface area contributed by atoms with Crippen molar-refractivity contribution in [2.45, 2.75) is 51.9 Å². The summed E-state index contributed by atoms with van der Waals surface area (Å²) in [5, 5.41) is 3.32. The van der Waals surface area contributed by atoms with Crippen molar-refractivity contribution >= 4 is 23.8 Å². The largest absolute Gasteiger partial charge is 0.381 e. The molecule has 2 fully saturated rings. The van der Waals surface area contributed by atoms with Gasteiger partial charge in [0.25, 0.3) is 5.56 Å². The summed E-state index contributed by atoms with van der Waals surface area (Å²) in [5.41, 5.74) is 0.124. The molecule has 0 bridgehead atoms. The fraction of sp³-hybridized carbons (Fsp3) is 0.560. The third-order valence-electron chi connectivity index (χ3n) is 6.79. The van der Waals surface area contributed by atoms with Crippen LogP contribution in [0.1, 0.15) is 51.9 Å². The highest BCUT2D eigenvalue weighted by atomic mass is 16.5. The van der Waals surface area contributed by atoms with E-state index < -0.39 is 11.2 Å². The summed E-state index contributed by atoms with van der Waals surface area (Å²) in [6.45, 7) is 4.74. The molecular weight excluding hydrogens is 448 g/mol. The van der Waals surface area contributed by atoms with Crippen LogP contribution in [0.5, 0.6) is 0 Å². The van der Waals surface area contributed by atoms with Crippen LogP contribution in [0.3, 0.4) is 0 Å². The number of aromatic nitrogens is 3. The van der Waals surface area contributed by atoms with Crippen LogP contribution in [0.15, 0.2) is 32.9 Å². The van der Waals surface area contributed by atoms with Gasteiger partial charge in [-0.05, 0) is 56.6 Å². The maximum Gasteiger partial charge on any atom is 0.325 e. The summed E-state index contributed by atoms with van der Waals surface area (Å²) in [4.78, 5) is 51.8. The molecule has 4 rings (SSSR count). The molecule has 0 unspecified atom stereocenters. The highest BCUT2D eigenvalue weighted by molar-refractivity contribution is 5.97. The van der Waals surface area contributed by atoms with Gasteiger partial charge in [-0.3, -0.25) is 24.5 Å². The lowest BCUT2D eigenvalue weighted by Gasteiger charge is -2.28. The first kappa shape index (κ1) is 24.8. The Morgan fingerprint density at radius 3 is 2.66 bits per heavy atom. The van der Waals surface area contributed by atoms with Crippen molar-refractivity contribution in [1.29, 1.82) is 0 Å². The number of nitrogens with zero attached hydrogens (tertiary/aromatic N) is 3. The minimum absolute atomic E-state index is 0.228. The van der Waals surface area contributed by atoms with E-state index in [-0.39, 0.29) is 5.56 Å². The van der Waals surface area contributed by atoms with Crippen molar-refractivity contribution in [2.75, 3.05) is 36.5 Å². The van der Waals surface area contributed by atoms with Gasteiger partial charge in [-0.25, -0.2) is 9.78 Å². The normalized spacial score (nSPS) is 17.8. The number of hydrogen-bond donors (Lipinski definition) is 3. The third kappa shape index (κ3) is 6.66. The number of hydrogen-bond acceptors (Lipinski definition) is 6. The highest BCUT2D eigenvalue weighted by Gasteiger charge is 2.22. The summed E-state index contributed by atoms with van der Waals surface area (Å²) >= 11 is 0. The average molecular weight is 483 g/mol. The van der Waals surface area contributed by atoms with Gasteiger partial charge in [0, 0.05) is 32.5 Å². The Balaban J connectivity index is 1.62. The number of amidine groups is 1. The number of anilines is 2. The molecular formula is C25H34N6O4. The number of H-pyrrole nitrogens is 2. The summed E-state index contributed by atoms with van der Waals surface area (Å²) in [7, 11) is 0. The lowest BCUT2D eigenvalue weighted by atomic mass is 9.89. The molecule has 3 heterocycles. The van der Waals surface area contributed by atoms with Gasteiger partial charge < -0.3 is 15.0 Å². The second kappa shape index (κ2) is 11.9. The zero-order chi connectivity index (χ0) is 24.6. The average Bonchev–Trinajstić information content (AvgIpc) is 2.88. The number of carbonyl (C=O) groups is 1. The Bertz CT molecular complexity index is 1150. The smallest absolute Gasteiger partial charge is 0.325 e. The summed E-state index contributed by atoms with van der Waals surface area (Å²) in [6, 6.07) is 3.50. The van der Waals surface area contributed by atoms with Crippen molar-refractivity contribution < 1.29 is 9.53 Å². The van der Waals surface area contributed by atoms with Crippen LogP contribution in [0.2, 0.25) is 0 Å². The van der Waals surface area contributed by atoms with Gasteiger partial charge in [0.05, 0.1) is 22.8 Å². The van der Waals surface area contributed by atoms with E-state index in [9.17, 15) is 14.4 Å². The van der Waals surface area contributed by atoms with E-state index in [0.29, 0.717) is 35.6 Å². The van der Waals surface area contributed by atoms with Crippen LogP contribution in [-0.4, -0.2) is 53.5 Å². The SMILES string of the molecule is CC(=NCC1CCOCC1)Nc1ccc(-c2c[nH]c(=O)[nH]c2=O)nc1N(C=O)CC1CCCCC1. The van der Waals surface area contributed by atoms with E-state index in [1.54, 1.807) is 17.0 Å². The molecule has 1 aliphatic heterocycles. The van der Waals surface area contributed by atoms with Crippen molar-refractivity contribution in [1.82, 2.24) is 15.0 Å². The molecule has 10 nitrogen and oxygen atoms in total. The zero-order valence-electron chi connectivity index (χ0n) is 20.2. The Morgan fingerprint density at radius 2 is 1.94 bits per heavy atom. The van der Waals surface area contributed by atoms with Crippen molar-refractivity contribution in [3.05, 3.63) is 39.2 Å². The van der Waals surface area contributed by atoms with Gasteiger partial charge in [0.1, 0.15) is 0 Å². The van der Waals surface area contributed by atoms with E-state index in [1.807, 2.05) is 6.92 Å². The van der Waals surface area contributed by atoms with Crippen LogP contribution < -0.4 is 21.5 Å². The molecule has 0 aromatic carbocycles. The molecule has 1 amide bonds. The van der Waals surface area contributed by atoms with Crippen LogP contribution in [-0.2, 0) is 9.53 Å². The molecule has 35 heavy (non-hydrogen) atoms. The van der Waals surface area contributed by atoms with Gasteiger partial charge in [-0.1, -0.05) is 19.3 Å². The zero-order valence-corrected chi connectivity index (χ0v) is 20.2. The first-order valence-electron chi connectivity index (χ1n) is 12.4. The molecule has 0 radical (unpaired) electrons. The minimum Gasteiger partial charge on any atom is -0.381 e. The number of rotatable bonds is 8. The molecule has 1 aliphatic carbocycles. The number of aromatic amines is 2. The number of ether oxygens (including phenoxy) is 1. The summed E-state index contributed by atoms with van der Waals surface area (Å²) in [5.74, 6) is 2.09. The molecule has 1 saturated carbocycles. The van der Waals surface area contributed by atoms with Crippen LogP contribution in [0, 0.1) is 11.8 Å². The van der Waals surface area contributed by atoms with Crippen LogP contribution in [0.4, 0.5) is 11.5 Å². The van der Waals surface area contributed by atoms with Crippen LogP contribution >= 0.6 is 0 Å². The van der Waals surface area contributed by atoms with E-state index in [0.717, 1.165) is 57.7 Å². The van der Waals surface area contributed by atoms with E-state index >= 15 is 0 Å². The fourth-order valence-corrected chi connectivity index (χ4v) is 4.77. The van der Waals surface area contributed by atoms with Gasteiger partial charge in [0.15, 0.2) is 5.82 Å². The van der Waals surface area contributed by atoms with E-state index in [1.165, 1.54) is 25.5 Å². The van der Waals surface area contributed by atoms with Crippen LogP contribution in [0.25, 0.3) is 11.3 Å². The van der Waals surface area contributed by atoms with Crippen molar-refractivity contribution in [3.8, 4) is 11.3 Å². The monoisotopic (exact) mass is 482 g/mol. The predicted molar refractivity (Wildman–Crippen MR) is 136 cm³/mol. The first-order chi connectivity index (χ1) is 17.0. The molecule has 0 spiro atoms. The lowest BCUT2D eigenvalue weighted by molar-refractivity contribution is -0.107. The molecule has 0 atom stereocenters. The van der Waals surface area contributed by atoms with Gasteiger partial charge in [-0.15, -0.1) is 0 Å². The first-order valence-corrected chi connectivity index (χ1v) is 12.4. The second-order valence-electron chi connectivity index (χ2n) is 9.42. The van der Waals surface area contributed by atoms with Gasteiger partial charge >= 0.3 is 5.69 Å². The highest BCUT2D eigenvalue weighted by Crippen LogP contribution is 2.30. The standard InChI is InChI=1S/C25H34N6O4/c1-17(26-13-18-9-11-35-12-10-18)28-22-8-7-21(20-14-27-25(34)30-24(20)33)29-23(22)31(16-32)15-19-5-3-2-4-6-19/h7-8,14,16,18-19H,2-6,9-13,15H2,1H3,(H,26,28)(H2,27,30,33,34).